The van der Waals surface area contributed by atoms with Crippen molar-refractivity contribution in [1.82, 2.24) is 9.13 Å². The van der Waals surface area contributed by atoms with Gasteiger partial charge in [-0.1, -0.05) is 26.0 Å². The van der Waals surface area contributed by atoms with Gasteiger partial charge in [-0.25, -0.2) is 9.18 Å². The van der Waals surface area contributed by atoms with Crippen LogP contribution in [0.2, 0.25) is 0 Å². The maximum absolute atomic E-state index is 13.1. The maximum atomic E-state index is 13.1. The van der Waals surface area contributed by atoms with E-state index in [0.29, 0.717) is 16.5 Å². The Morgan fingerprint density at radius 2 is 1.65 bits per heavy atom. The monoisotopic (exact) mass is 354 g/mol. The number of rotatable bonds is 5. The van der Waals surface area contributed by atoms with E-state index in [1.54, 1.807) is 24.3 Å². The molecule has 0 saturated carbocycles. The molecular formula is C20H19FN2O3. The number of hydrogen-bond acceptors (Lipinski definition) is 3. The Labute approximate surface area is 149 Å². The molecule has 0 saturated heterocycles. The van der Waals surface area contributed by atoms with Crippen LogP contribution in [0.4, 0.5) is 4.39 Å². The summed E-state index contributed by atoms with van der Waals surface area (Å²) in [5.41, 5.74) is -0.149. The Hall–Kier alpha value is -3.02. The van der Waals surface area contributed by atoms with Crippen LogP contribution >= 0.6 is 0 Å². The molecule has 0 atom stereocenters. The Bertz CT molecular complexity index is 1080. The summed E-state index contributed by atoms with van der Waals surface area (Å²) in [7, 11) is 0. The van der Waals surface area contributed by atoms with Gasteiger partial charge in [0, 0.05) is 12.1 Å². The summed E-state index contributed by atoms with van der Waals surface area (Å²) < 4.78 is 15.5. The van der Waals surface area contributed by atoms with E-state index in [2.05, 4.69) is 0 Å². The summed E-state index contributed by atoms with van der Waals surface area (Å²) in [4.78, 5) is 38.1. The summed E-state index contributed by atoms with van der Waals surface area (Å²) in [6, 6.07) is 11.9. The van der Waals surface area contributed by atoms with E-state index in [-0.39, 0.29) is 30.3 Å². The third kappa shape index (κ3) is 3.35. The molecule has 1 heterocycles. The van der Waals surface area contributed by atoms with Crippen LogP contribution in [0.5, 0.6) is 0 Å². The molecule has 2 aromatic carbocycles. The highest BCUT2D eigenvalue weighted by atomic mass is 19.1. The molecule has 0 aliphatic carbocycles. The van der Waals surface area contributed by atoms with E-state index >= 15 is 0 Å². The van der Waals surface area contributed by atoms with Gasteiger partial charge in [-0.2, -0.15) is 0 Å². The molecule has 3 rings (SSSR count). The molecular weight excluding hydrogens is 335 g/mol. The van der Waals surface area contributed by atoms with E-state index in [4.69, 9.17) is 0 Å². The topological polar surface area (TPSA) is 61.1 Å². The fourth-order valence-corrected chi connectivity index (χ4v) is 2.92. The first-order valence-corrected chi connectivity index (χ1v) is 8.39. The molecule has 3 aromatic rings. The molecule has 0 amide bonds. The van der Waals surface area contributed by atoms with Crippen molar-refractivity contribution < 1.29 is 9.18 Å². The predicted octanol–water partition coefficient (Wildman–Crippen LogP) is 2.84. The molecule has 0 bridgehead atoms. The number of carbonyl (C=O) groups excluding carboxylic acids is 1. The lowest BCUT2D eigenvalue weighted by atomic mass is 10.1. The highest BCUT2D eigenvalue weighted by Crippen LogP contribution is 2.10. The van der Waals surface area contributed by atoms with Gasteiger partial charge in [-0.05, 0) is 42.3 Å². The van der Waals surface area contributed by atoms with Gasteiger partial charge in [-0.15, -0.1) is 0 Å². The van der Waals surface area contributed by atoms with Crippen LogP contribution < -0.4 is 11.2 Å². The molecule has 0 aliphatic rings. The first-order chi connectivity index (χ1) is 12.4. The van der Waals surface area contributed by atoms with Gasteiger partial charge in [0.05, 0.1) is 17.4 Å². The predicted molar refractivity (Wildman–Crippen MR) is 98.0 cm³/mol. The first kappa shape index (κ1) is 17.8. The van der Waals surface area contributed by atoms with Crippen molar-refractivity contribution in [2.45, 2.75) is 26.9 Å². The minimum atomic E-state index is -0.516. The van der Waals surface area contributed by atoms with Crippen molar-refractivity contribution in [3.05, 3.63) is 80.7 Å². The Balaban J connectivity index is 2.15. The summed E-state index contributed by atoms with van der Waals surface area (Å²) in [6.45, 7) is 3.88. The minimum Gasteiger partial charge on any atom is -0.292 e. The van der Waals surface area contributed by atoms with Crippen LogP contribution in [0.15, 0.2) is 58.1 Å². The average Bonchev–Trinajstić information content (AvgIpc) is 2.62. The van der Waals surface area contributed by atoms with E-state index in [9.17, 15) is 18.8 Å². The van der Waals surface area contributed by atoms with Gasteiger partial charge >= 0.3 is 5.69 Å². The Kier molecular flexibility index (Phi) is 4.84. The number of Topliss-reactive ketones (excluding diaryl/α,β-unsaturated/α-hetero) is 1. The lowest BCUT2D eigenvalue weighted by molar-refractivity contribution is 0.0971. The van der Waals surface area contributed by atoms with E-state index < -0.39 is 11.5 Å². The zero-order valence-electron chi connectivity index (χ0n) is 14.6. The number of aromatic nitrogens is 2. The van der Waals surface area contributed by atoms with Crippen molar-refractivity contribution in [3.63, 3.8) is 0 Å². The number of nitrogens with zero attached hydrogens (tertiary/aromatic N) is 2. The Morgan fingerprint density at radius 3 is 2.31 bits per heavy atom. The van der Waals surface area contributed by atoms with E-state index in [1.165, 1.54) is 33.4 Å². The van der Waals surface area contributed by atoms with Crippen LogP contribution in [-0.4, -0.2) is 14.9 Å². The minimum absolute atomic E-state index is 0.0998. The molecule has 0 unspecified atom stereocenters. The van der Waals surface area contributed by atoms with Gasteiger partial charge < -0.3 is 0 Å². The van der Waals surface area contributed by atoms with Crippen LogP contribution in [0.3, 0.4) is 0 Å². The summed E-state index contributed by atoms with van der Waals surface area (Å²) in [6.07, 6.45) is 0. The van der Waals surface area contributed by atoms with Crippen molar-refractivity contribution in [1.29, 1.82) is 0 Å². The molecule has 6 heteroatoms. The number of halogens is 1. The standard InChI is InChI=1S/C20H19FN2O3/c1-13(2)11-23-19(25)16-5-3-4-6-17(16)22(20(23)26)12-18(24)14-7-9-15(21)10-8-14/h3-10,13H,11-12H2,1-2H3. The number of carbonyl (C=O) groups is 1. The molecule has 134 valence electrons. The third-order valence-corrected chi connectivity index (χ3v) is 4.15. The summed E-state index contributed by atoms with van der Waals surface area (Å²) >= 11 is 0. The van der Waals surface area contributed by atoms with Crippen molar-refractivity contribution in [3.8, 4) is 0 Å². The van der Waals surface area contributed by atoms with Crippen molar-refractivity contribution >= 4 is 16.7 Å². The lowest BCUT2D eigenvalue weighted by Crippen LogP contribution is -2.42. The first-order valence-electron chi connectivity index (χ1n) is 8.39. The van der Waals surface area contributed by atoms with E-state index in [0.717, 1.165) is 0 Å². The second kappa shape index (κ2) is 7.07. The molecule has 0 radical (unpaired) electrons. The number of fused-ring (bicyclic) bond motifs is 1. The quantitative estimate of drug-likeness (QED) is 0.662. The average molecular weight is 354 g/mol. The fourth-order valence-electron chi connectivity index (χ4n) is 2.92. The molecule has 0 fully saturated rings. The number of ketones is 1. The molecule has 0 N–H and O–H groups in total. The van der Waals surface area contributed by atoms with Crippen LogP contribution in [-0.2, 0) is 13.1 Å². The zero-order chi connectivity index (χ0) is 18.8. The molecule has 1 aromatic heterocycles. The van der Waals surface area contributed by atoms with Gasteiger partial charge in [0.1, 0.15) is 5.82 Å². The van der Waals surface area contributed by atoms with Gasteiger partial charge in [0.25, 0.3) is 5.56 Å². The summed E-state index contributed by atoms with van der Waals surface area (Å²) in [5.74, 6) is -0.663. The normalized spacial score (nSPS) is 11.2. The van der Waals surface area contributed by atoms with Gasteiger partial charge in [0.15, 0.2) is 5.78 Å². The van der Waals surface area contributed by atoms with Crippen molar-refractivity contribution in [2.75, 3.05) is 0 Å². The van der Waals surface area contributed by atoms with Crippen LogP contribution in [0.1, 0.15) is 24.2 Å². The highest BCUT2D eigenvalue weighted by molar-refractivity contribution is 5.96. The zero-order valence-corrected chi connectivity index (χ0v) is 14.6. The molecule has 0 spiro atoms. The second-order valence-electron chi connectivity index (χ2n) is 6.63. The number of hydrogen-bond donors (Lipinski definition) is 0. The Morgan fingerprint density at radius 1 is 1.00 bits per heavy atom. The lowest BCUT2D eigenvalue weighted by Gasteiger charge is -2.15. The van der Waals surface area contributed by atoms with Crippen molar-refractivity contribution in [2.24, 2.45) is 5.92 Å². The molecule has 26 heavy (non-hydrogen) atoms. The fraction of sp³-hybridized carbons (Fsp3) is 0.250. The SMILES string of the molecule is CC(C)Cn1c(=O)c2ccccc2n(CC(=O)c2ccc(F)cc2)c1=O. The second-order valence-corrected chi connectivity index (χ2v) is 6.63. The maximum Gasteiger partial charge on any atom is 0.331 e. The summed E-state index contributed by atoms with van der Waals surface area (Å²) in [5, 5.41) is 0.389. The molecule has 0 aliphatic heterocycles. The van der Waals surface area contributed by atoms with Gasteiger partial charge in [0.2, 0.25) is 0 Å². The van der Waals surface area contributed by atoms with Gasteiger partial charge in [-0.3, -0.25) is 18.7 Å². The number of benzene rings is 2. The largest absolute Gasteiger partial charge is 0.331 e. The van der Waals surface area contributed by atoms with Crippen LogP contribution in [0, 0.1) is 11.7 Å². The molecule has 5 nitrogen and oxygen atoms in total. The smallest absolute Gasteiger partial charge is 0.292 e. The number of para-hydroxylation sites is 1. The van der Waals surface area contributed by atoms with E-state index in [1.807, 2.05) is 13.8 Å². The van der Waals surface area contributed by atoms with Crippen LogP contribution in [0.25, 0.3) is 10.9 Å². The third-order valence-electron chi connectivity index (χ3n) is 4.15. The highest BCUT2D eigenvalue weighted by Gasteiger charge is 2.16.